The van der Waals surface area contributed by atoms with E-state index >= 15 is 0 Å². The highest BCUT2D eigenvalue weighted by Gasteiger charge is 2.28. The van der Waals surface area contributed by atoms with Crippen molar-refractivity contribution >= 4 is 5.91 Å². The number of phenolic OH excluding ortho intramolecular Hbond substituents is 2. The molecule has 3 aromatic rings. The van der Waals surface area contributed by atoms with Gasteiger partial charge in [-0.2, -0.15) is 0 Å². The third-order valence-electron chi connectivity index (χ3n) is 6.48. The van der Waals surface area contributed by atoms with Crippen molar-refractivity contribution in [2.75, 3.05) is 39.9 Å². The Labute approximate surface area is 205 Å². The first-order valence-corrected chi connectivity index (χ1v) is 12.0. The number of benzene rings is 2. The molecule has 186 valence electrons. The molecule has 1 amide bonds. The summed E-state index contributed by atoms with van der Waals surface area (Å²) in [5.41, 5.74) is 3.66. The van der Waals surface area contributed by atoms with Gasteiger partial charge in [-0.3, -0.25) is 9.69 Å². The molecule has 2 heterocycles. The first-order valence-electron chi connectivity index (χ1n) is 12.0. The number of hydrogen-bond acceptors (Lipinski definition) is 7. The smallest absolute Gasteiger partial charge is 0.276 e. The van der Waals surface area contributed by atoms with Crippen molar-refractivity contribution in [2.24, 2.45) is 0 Å². The molecule has 1 aliphatic rings. The number of morpholine rings is 1. The minimum atomic E-state index is -0.266. The maximum Gasteiger partial charge on any atom is 0.276 e. The van der Waals surface area contributed by atoms with Crippen molar-refractivity contribution < 1.29 is 24.3 Å². The quantitative estimate of drug-likeness (QED) is 0.516. The highest BCUT2D eigenvalue weighted by Crippen LogP contribution is 2.43. The number of ether oxygens (including phenoxy) is 1. The second kappa shape index (κ2) is 10.5. The third-order valence-corrected chi connectivity index (χ3v) is 6.48. The van der Waals surface area contributed by atoms with Gasteiger partial charge in [0.2, 0.25) is 0 Å². The zero-order chi connectivity index (χ0) is 25.1. The molecule has 2 aromatic carbocycles. The maximum atomic E-state index is 13.1. The van der Waals surface area contributed by atoms with Crippen molar-refractivity contribution in [1.29, 1.82) is 0 Å². The molecular weight excluding hydrogens is 446 g/mol. The van der Waals surface area contributed by atoms with Gasteiger partial charge in [-0.05, 0) is 35.6 Å². The number of carbonyl (C=O) groups excluding carboxylic acids is 1. The van der Waals surface area contributed by atoms with Crippen LogP contribution in [0.3, 0.4) is 0 Å². The van der Waals surface area contributed by atoms with Crippen LogP contribution in [0.4, 0.5) is 0 Å². The third kappa shape index (κ3) is 5.18. The van der Waals surface area contributed by atoms with Crippen LogP contribution in [0, 0.1) is 0 Å². The first kappa shape index (κ1) is 24.8. The average molecular weight is 480 g/mol. The number of nitrogens with zero attached hydrogens (tertiary/aromatic N) is 3. The van der Waals surface area contributed by atoms with Gasteiger partial charge in [-0.15, -0.1) is 0 Å². The minimum absolute atomic E-state index is 0.0109. The molecular formula is C27H33N3O5. The maximum absolute atomic E-state index is 13.1. The monoisotopic (exact) mass is 479 g/mol. The van der Waals surface area contributed by atoms with E-state index in [9.17, 15) is 15.0 Å². The number of phenols is 2. The van der Waals surface area contributed by atoms with Crippen molar-refractivity contribution in [1.82, 2.24) is 15.0 Å². The number of hydrogen-bond donors (Lipinski definition) is 2. The first-order chi connectivity index (χ1) is 16.8. The van der Waals surface area contributed by atoms with Gasteiger partial charge < -0.3 is 24.4 Å². The predicted octanol–water partition coefficient (Wildman–Crippen LogP) is 4.47. The van der Waals surface area contributed by atoms with Crippen molar-refractivity contribution in [3.05, 3.63) is 53.2 Å². The summed E-state index contributed by atoms with van der Waals surface area (Å²) in [6, 6.07) is 11.0. The van der Waals surface area contributed by atoms with Crippen molar-refractivity contribution in [3.63, 3.8) is 0 Å². The van der Waals surface area contributed by atoms with Crippen LogP contribution in [0.15, 0.2) is 40.9 Å². The molecule has 8 nitrogen and oxygen atoms in total. The molecule has 0 radical (unpaired) electrons. The number of amides is 1. The number of carbonyl (C=O) groups is 1. The van der Waals surface area contributed by atoms with E-state index in [0.717, 1.165) is 44.0 Å². The molecule has 0 unspecified atom stereocenters. The lowest BCUT2D eigenvalue weighted by Crippen LogP contribution is -2.35. The van der Waals surface area contributed by atoms with Gasteiger partial charge in [0.15, 0.2) is 11.5 Å². The molecule has 1 aromatic heterocycles. The predicted molar refractivity (Wildman–Crippen MR) is 134 cm³/mol. The molecule has 0 bridgehead atoms. The van der Waals surface area contributed by atoms with Crippen LogP contribution in [0.25, 0.3) is 22.5 Å². The average Bonchev–Trinajstić information content (AvgIpc) is 3.28. The summed E-state index contributed by atoms with van der Waals surface area (Å²) in [7, 11) is 1.71. The Morgan fingerprint density at radius 2 is 1.80 bits per heavy atom. The molecule has 0 atom stereocenters. The summed E-state index contributed by atoms with van der Waals surface area (Å²) in [5, 5.41) is 25.1. The Kier molecular flexibility index (Phi) is 7.42. The van der Waals surface area contributed by atoms with Crippen LogP contribution in [0.1, 0.15) is 48.3 Å². The highest BCUT2D eigenvalue weighted by atomic mass is 16.5. The van der Waals surface area contributed by atoms with Gasteiger partial charge in [-0.1, -0.05) is 43.3 Å². The van der Waals surface area contributed by atoms with E-state index in [1.807, 2.05) is 45.0 Å². The molecule has 0 saturated carbocycles. The Hall–Kier alpha value is -3.36. The molecule has 8 heteroatoms. The fourth-order valence-corrected chi connectivity index (χ4v) is 4.24. The molecule has 0 aliphatic carbocycles. The Bertz CT molecular complexity index is 1180. The van der Waals surface area contributed by atoms with Gasteiger partial charge in [-0.25, -0.2) is 0 Å². The molecule has 1 fully saturated rings. The van der Waals surface area contributed by atoms with E-state index in [0.29, 0.717) is 23.2 Å². The van der Waals surface area contributed by atoms with E-state index in [4.69, 9.17) is 9.26 Å². The summed E-state index contributed by atoms with van der Waals surface area (Å²) in [6.45, 7) is 10.4. The lowest BCUT2D eigenvalue weighted by Gasteiger charge is -2.26. The van der Waals surface area contributed by atoms with Gasteiger partial charge in [0.05, 0.1) is 24.3 Å². The van der Waals surface area contributed by atoms with Crippen LogP contribution in [-0.2, 0) is 11.3 Å². The number of rotatable bonds is 7. The van der Waals surface area contributed by atoms with E-state index in [1.54, 1.807) is 18.0 Å². The van der Waals surface area contributed by atoms with E-state index in [-0.39, 0.29) is 34.8 Å². The lowest BCUT2D eigenvalue weighted by molar-refractivity contribution is 0.0342. The molecule has 2 N–H and O–H groups in total. The topological polar surface area (TPSA) is 99.3 Å². The Morgan fingerprint density at radius 1 is 1.11 bits per heavy atom. The van der Waals surface area contributed by atoms with Crippen LogP contribution in [0.2, 0.25) is 0 Å². The summed E-state index contributed by atoms with van der Waals surface area (Å²) >= 11 is 0. The molecule has 1 saturated heterocycles. The summed E-state index contributed by atoms with van der Waals surface area (Å²) < 4.78 is 11.1. The van der Waals surface area contributed by atoms with Crippen molar-refractivity contribution in [2.45, 2.75) is 33.2 Å². The second-order valence-corrected chi connectivity index (χ2v) is 9.22. The normalized spacial score (nSPS) is 14.4. The van der Waals surface area contributed by atoms with Crippen LogP contribution >= 0.6 is 0 Å². The lowest BCUT2D eigenvalue weighted by atomic mass is 9.94. The number of aromatic nitrogens is 1. The summed E-state index contributed by atoms with van der Waals surface area (Å²) in [5.74, 6) is -0.0872. The summed E-state index contributed by atoms with van der Waals surface area (Å²) in [6.07, 6.45) is 0. The molecule has 0 spiro atoms. The zero-order valence-electron chi connectivity index (χ0n) is 20.7. The standard InChI is InChI=1S/C27H33N3O5/c1-5-29(4)27(33)25-24(19-8-6-18(7-9-19)16-30-10-12-34-13-11-30)26(35-28-25)21-14-20(17(2)3)22(31)15-23(21)32/h6-9,14-15,17,31-32H,5,10-13,16H2,1-4H3. The zero-order valence-corrected chi connectivity index (χ0v) is 20.7. The highest BCUT2D eigenvalue weighted by molar-refractivity contribution is 6.02. The Morgan fingerprint density at radius 3 is 2.43 bits per heavy atom. The number of aromatic hydroxyl groups is 2. The fourth-order valence-electron chi connectivity index (χ4n) is 4.24. The molecule has 1 aliphatic heterocycles. The van der Waals surface area contributed by atoms with E-state index in [1.165, 1.54) is 6.07 Å². The van der Waals surface area contributed by atoms with Gasteiger partial charge in [0.25, 0.3) is 5.91 Å². The SMILES string of the molecule is CCN(C)C(=O)c1noc(-c2cc(C(C)C)c(O)cc2O)c1-c1ccc(CN2CCOCC2)cc1. The second-order valence-electron chi connectivity index (χ2n) is 9.22. The van der Waals surface area contributed by atoms with E-state index < -0.39 is 0 Å². The van der Waals surface area contributed by atoms with Gasteiger partial charge >= 0.3 is 0 Å². The van der Waals surface area contributed by atoms with E-state index in [2.05, 4.69) is 10.1 Å². The Balaban J connectivity index is 1.78. The molecule has 35 heavy (non-hydrogen) atoms. The largest absolute Gasteiger partial charge is 0.508 e. The molecule has 4 rings (SSSR count). The van der Waals surface area contributed by atoms with Crippen LogP contribution in [0.5, 0.6) is 11.5 Å². The summed E-state index contributed by atoms with van der Waals surface area (Å²) in [4.78, 5) is 17.0. The van der Waals surface area contributed by atoms with Crippen LogP contribution in [-0.4, -0.2) is 71.0 Å². The van der Waals surface area contributed by atoms with Gasteiger partial charge in [0.1, 0.15) is 11.5 Å². The van der Waals surface area contributed by atoms with Crippen molar-refractivity contribution in [3.8, 4) is 33.9 Å². The fraction of sp³-hybridized carbons (Fsp3) is 0.407. The van der Waals surface area contributed by atoms with Gasteiger partial charge in [0, 0.05) is 39.3 Å². The van der Waals surface area contributed by atoms with Crippen LogP contribution < -0.4 is 0 Å². The minimum Gasteiger partial charge on any atom is -0.508 e.